The maximum absolute atomic E-state index is 12.0. The second kappa shape index (κ2) is 8.75. The Hall–Kier alpha value is -1.60. The number of rotatable bonds is 10. The second-order valence-corrected chi connectivity index (χ2v) is 6.03. The van der Waals surface area contributed by atoms with Crippen molar-refractivity contribution in [3.05, 3.63) is 31.1 Å². The van der Waals surface area contributed by atoms with Crippen LogP contribution in [0.4, 0.5) is 0 Å². The van der Waals surface area contributed by atoms with Gasteiger partial charge in [0.1, 0.15) is 5.82 Å². The fraction of sp³-hybridized carbons (Fsp3) is 0.533. The van der Waals surface area contributed by atoms with E-state index in [9.17, 15) is 9.90 Å². The van der Waals surface area contributed by atoms with Gasteiger partial charge in [-0.15, -0.1) is 18.3 Å². The zero-order valence-electron chi connectivity index (χ0n) is 13.1. The smallest absolute Gasteiger partial charge is 0.230 e. The summed E-state index contributed by atoms with van der Waals surface area (Å²) in [6.45, 7) is 11.0. The highest BCUT2D eigenvalue weighted by Crippen LogP contribution is 2.21. The van der Waals surface area contributed by atoms with E-state index in [1.165, 1.54) is 11.8 Å². The Balaban J connectivity index is 2.51. The van der Waals surface area contributed by atoms with Gasteiger partial charge in [0.2, 0.25) is 11.1 Å². The summed E-state index contributed by atoms with van der Waals surface area (Å²) in [7, 11) is 0. The van der Waals surface area contributed by atoms with Crippen LogP contribution in [0.15, 0.2) is 30.5 Å². The molecule has 0 fully saturated rings. The van der Waals surface area contributed by atoms with Crippen LogP contribution in [-0.2, 0) is 11.2 Å². The first-order valence-electron chi connectivity index (χ1n) is 7.22. The van der Waals surface area contributed by atoms with Gasteiger partial charge in [0.15, 0.2) is 0 Å². The molecule has 1 rings (SSSR count). The number of aryl methyl sites for hydroxylation is 1. The van der Waals surface area contributed by atoms with Crippen LogP contribution >= 0.6 is 11.8 Å². The van der Waals surface area contributed by atoms with E-state index in [1.807, 2.05) is 6.92 Å². The number of carbonyl (C=O) groups excluding carboxylic acids is 1. The molecule has 1 amide bonds. The summed E-state index contributed by atoms with van der Waals surface area (Å²) in [6, 6.07) is -0.407. The van der Waals surface area contributed by atoms with Crippen LogP contribution in [0.3, 0.4) is 0 Å². The molecule has 0 aliphatic rings. The number of H-pyrrole nitrogens is 1. The summed E-state index contributed by atoms with van der Waals surface area (Å²) in [4.78, 5) is 16.2. The van der Waals surface area contributed by atoms with Gasteiger partial charge in [-0.3, -0.25) is 9.89 Å². The van der Waals surface area contributed by atoms with Crippen LogP contribution in [0, 0.1) is 0 Å². The summed E-state index contributed by atoms with van der Waals surface area (Å²) in [5.41, 5.74) is -1.07. The fourth-order valence-corrected chi connectivity index (χ4v) is 2.61. The van der Waals surface area contributed by atoms with E-state index >= 15 is 0 Å². The molecule has 6 nitrogen and oxygen atoms in total. The van der Waals surface area contributed by atoms with Crippen molar-refractivity contribution >= 4 is 17.7 Å². The highest BCUT2D eigenvalue weighted by Gasteiger charge is 2.32. The molecule has 0 aliphatic heterocycles. The lowest BCUT2D eigenvalue weighted by molar-refractivity contribution is -0.121. The van der Waals surface area contributed by atoms with Crippen molar-refractivity contribution < 1.29 is 9.90 Å². The summed E-state index contributed by atoms with van der Waals surface area (Å²) < 4.78 is 0. The lowest BCUT2D eigenvalue weighted by atomic mass is 9.88. The number of thioether (sulfide) groups is 1. The number of aliphatic hydroxyl groups is 1. The Morgan fingerprint density at radius 2 is 2.14 bits per heavy atom. The Labute approximate surface area is 135 Å². The number of aromatic nitrogens is 3. The lowest BCUT2D eigenvalue weighted by Gasteiger charge is -2.33. The maximum Gasteiger partial charge on any atom is 0.230 e. The number of aromatic amines is 1. The van der Waals surface area contributed by atoms with Gasteiger partial charge in [-0.05, 0) is 19.8 Å². The summed E-state index contributed by atoms with van der Waals surface area (Å²) in [5, 5.41) is 20.7. The topological polar surface area (TPSA) is 90.9 Å². The van der Waals surface area contributed by atoms with Crippen LogP contribution in [0.5, 0.6) is 0 Å². The van der Waals surface area contributed by atoms with Gasteiger partial charge in [-0.2, -0.15) is 0 Å². The number of hydrogen-bond acceptors (Lipinski definition) is 5. The maximum atomic E-state index is 12.0. The van der Waals surface area contributed by atoms with Gasteiger partial charge in [0, 0.05) is 6.42 Å². The highest BCUT2D eigenvalue weighted by atomic mass is 32.2. The third-order valence-electron chi connectivity index (χ3n) is 3.36. The van der Waals surface area contributed by atoms with Gasteiger partial charge in [0.25, 0.3) is 0 Å². The lowest BCUT2D eigenvalue weighted by Crippen LogP contribution is -2.51. The zero-order chi connectivity index (χ0) is 16.6. The van der Waals surface area contributed by atoms with Crippen LogP contribution in [0.2, 0.25) is 0 Å². The van der Waals surface area contributed by atoms with Gasteiger partial charge >= 0.3 is 0 Å². The molecule has 0 saturated heterocycles. The van der Waals surface area contributed by atoms with Crippen LogP contribution in [-0.4, -0.2) is 43.6 Å². The van der Waals surface area contributed by atoms with E-state index in [1.54, 1.807) is 19.1 Å². The molecule has 0 saturated carbocycles. The van der Waals surface area contributed by atoms with E-state index < -0.39 is 11.6 Å². The minimum Gasteiger partial charge on any atom is -0.387 e. The van der Waals surface area contributed by atoms with Crippen LogP contribution in [0.25, 0.3) is 0 Å². The number of amides is 1. The molecule has 7 heteroatoms. The first-order chi connectivity index (χ1) is 10.4. The zero-order valence-corrected chi connectivity index (χ0v) is 13.9. The molecule has 1 heterocycles. The quantitative estimate of drug-likeness (QED) is 0.451. The molecule has 0 aliphatic carbocycles. The predicted octanol–water partition coefficient (Wildman–Crippen LogP) is 1.85. The Morgan fingerprint density at radius 3 is 2.64 bits per heavy atom. The second-order valence-electron chi connectivity index (χ2n) is 5.09. The highest BCUT2D eigenvalue weighted by molar-refractivity contribution is 7.99. The van der Waals surface area contributed by atoms with Gasteiger partial charge in [0.05, 0.1) is 17.4 Å². The van der Waals surface area contributed by atoms with Crippen molar-refractivity contribution in [2.45, 2.75) is 49.9 Å². The van der Waals surface area contributed by atoms with E-state index in [0.29, 0.717) is 18.0 Å². The molecule has 1 aromatic rings. The largest absolute Gasteiger partial charge is 0.387 e. The predicted molar refractivity (Wildman–Crippen MR) is 88.7 cm³/mol. The Kier molecular flexibility index (Phi) is 7.34. The Bertz CT molecular complexity index is 505. The summed E-state index contributed by atoms with van der Waals surface area (Å²) >= 11 is 1.26. The van der Waals surface area contributed by atoms with Gasteiger partial charge < -0.3 is 10.4 Å². The first kappa shape index (κ1) is 18.4. The molecule has 0 spiro atoms. The van der Waals surface area contributed by atoms with Crippen molar-refractivity contribution in [3.8, 4) is 0 Å². The number of carbonyl (C=O) groups is 1. The molecule has 1 atom stereocenters. The van der Waals surface area contributed by atoms with Gasteiger partial charge in [-0.1, -0.05) is 30.8 Å². The van der Waals surface area contributed by atoms with Crippen molar-refractivity contribution in [2.75, 3.05) is 5.75 Å². The van der Waals surface area contributed by atoms with Crippen molar-refractivity contribution in [2.24, 2.45) is 0 Å². The molecular weight excluding hydrogens is 300 g/mol. The van der Waals surface area contributed by atoms with E-state index in [2.05, 4.69) is 33.7 Å². The van der Waals surface area contributed by atoms with Crippen molar-refractivity contribution in [3.63, 3.8) is 0 Å². The number of nitrogens with zero attached hydrogens (tertiary/aromatic N) is 2. The summed E-state index contributed by atoms with van der Waals surface area (Å²) in [5.74, 6) is 0.818. The van der Waals surface area contributed by atoms with Crippen LogP contribution < -0.4 is 5.32 Å². The fourth-order valence-electron chi connectivity index (χ4n) is 1.98. The SMILES string of the molecule is C=CCC(O)(CC=C)[C@@H](C)NC(=O)CSc1n[nH]c(CC)n1. The molecule has 0 unspecified atom stereocenters. The van der Waals surface area contributed by atoms with Gasteiger partial charge in [-0.25, -0.2) is 4.98 Å². The summed E-state index contributed by atoms with van der Waals surface area (Å²) in [6.07, 6.45) is 4.82. The minimum atomic E-state index is -1.07. The molecule has 0 bridgehead atoms. The average Bonchev–Trinajstić information content (AvgIpc) is 2.93. The van der Waals surface area contributed by atoms with E-state index in [4.69, 9.17) is 0 Å². The average molecular weight is 324 g/mol. The standard InChI is InChI=1S/C15H24N4O2S/c1-5-8-15(21,9-6-2)11(4)16-13(20)10-22-14-17-12(7-3)18-19-14/h5-6,11,21H,1-2,7-10H2,3-4H3,(H,16,20)(H,17,18,19)/t11-/m1/s1. The molecule has 1 aromatic heterocycles. The third-order valence-corrected chi connectivity index (χ3v) is 4.20. The number of hydrogen-bond donors (Lipinski definition) is 3. The van der Waals surface area contributed by atoms with Crippen molar-refractivity contribution in [1.29, 1.82) is 0 Å². The molecule has 22 heavy (non-hydrogen) atoms. The minimum absolute atomic E-state index is 0.174. The Morgan fingerprint density at radius 1 is 1.50 bits per heavy atom. The third kappa shape index (κ3) is 5.31. The normalized spacial score (nSPS) is 12.7. The van der Waals surface area contributed by atoms with Crippen molar-refractivity contribution in [1.82, 2.24) is 20.5 Å². The monoisotopic (exact) mass is 324 g/mol. The van der Waals surface area contributed by atoms with E-state index in [0.717, 1.165) is 12.2 Å². The molecular formula is C15H24N4O2S. The van der Waals surface area contributed by atoms with Crippen LogP contribution in [0.1, 0.15) is 32.5 Å². The molecule has 0 aromatic carbocycles. The number of nitrogens with one attached hydrogen (secondary N) is 2. The molecule has 122 valence electrons. The molecule has 0 radical (unpaired) electrons. The van der Waals surface area contributed by atoms with E-state index in [-0.39, 0.29) is 11.7 Å². The first-order valence-corrected chi connectivity index (χ1v) is 8.21. The molecule has 3 N–H and O–H groups in total.